The quantitative estimate of drug-likeness (QED) is 0.0250. The molecule has 5 aromatic rings. The van der Waals surface area contributed by atoms with E-state index >= 15 is 0 Å². The van der Waals surface area contributed by atoms with E-state index in [2.05, 4.69) is 10.0 Å². The Bertz CT molecular complexity index is 2820. The number of nitro groups is 1. The molecule has 386 valence electrons. The van der Waals surface area contributed by atoms with E-state index in [1.807, 2.05) is 43.0 Å². The summed E-state index contributed by atoms with van der Waals surface area (Å²) in [4.78, 5) is 45.3. The molecule has 0 spiro atoms. The number of nitrogens with one attached hydrogen (secondary N) is 2. The molecule has 1 fully saturated rings. The lowest BCUT2D eigenvalue weighted by molar-refractivity contribution is -0.387. The van der Waals surface area contributed by atoms with Crippen molar-refractivity contribution in [2.75, 3.05) is 82.5 Å². The van der Waals surface area contributed by atoms with Crippen LogP contribution in [0.15, 0.2) is 95.9 Å². The number of nitro benzene ring substituents is 1. The van der Waals surface area contributed by atoms with Gasteiger partial charge in [-0.25, -0.2) is 17.9 Å². The largest absolute Gasteiger partial charge is 0.494 e. The zero-order valence-electron chi connectivity index (χ0n) is 40.1. The summed E-state index contributed by atoms with van der Waals surface area (Å²) >= 11 is 0. The molecule has 1 amide bonds. The van der Waals surface area contributed by atoms with Crippen molar-refractivity contribution in [2.45, 2.75) is 57.1 Å². The number of amides is 1. The van der Waals surface area contributed by atoms with Crippen LogP contribution in [0.2, 0.25) is 0 Å². The maximum absolute atomic E-state index is 14.3. The Morgan fingerprint density at radius 2 is 1.68 bits per heavy atom. The van der Waals surface area contributed by atoms with E-state index in [0.29, 0.717) is 79.0 Å². The molecule has 6 rings (SSSR count). The number of piperazine rings is 1. The van der Waals surface area contributed by atoms with Crippen molar-refractivity contribution in [3.63, 3.8) is 0 Å². The van der Waals surface area contributed by atoms with E-state index in [-0.39, 0.29) is 75.3 Å². The number of nitrogens with zero attached hydrogens (tertiary/aromatic N) is 4. The summed E-state index contributed by atoms with van der Waals surface area (Å²) in [5, 5.41) is 25.2. The molecule has 4 aromatic carbocycles. The van der Waals surface area contributed by atoms with Crippen LogP contribution in [-0.4, -0.2) is 119 Å². The van der Waals surface area contributed by atoms with Crippen LogP contribution in [-0.2, 0) is 27.4 Å². The molecule has 0 saturated carbocycles. The number of carbonyl (C=O) groups is 2. The highest BCUT2D eigenvalue weighted by atomic mass is 32.2. The lowest BCUT2D eigenvalue weighted by atomic mass is 10.0. The number of hydrogen-bond acceptors (Lipinski definition) is 14. The summed E-state index contributed by atoms with van der Waals surface area (Å²) in [5.41, 5.74) is 6.22. The molecule has 1 aliphatic heterocycles. The molecule has 1 saturated heterocycles. The van der Waals surface area contributed by atoms with Crippen LogP contribution in [0.25, 0.3) is 11.3 Å². The van der Waals surface area contributed by atoms with Gasteiger partial charge in [0.25, 0.3) is 11.6 Å². The maximum Gasteiger partial charge on any atom is 0.417 e. The highest BCUT2D eigenvalue weighted by Gasteiger charge is 2.39. The number of hydrogen-bond donors (Lipinski definition) is 4. The molecule has 0 bridgehead atoms. The van der Waals surface area contributed by atoms with Gasteiger partial charge in [0, 0.05) is 75.1 Å². The Morgan fingerprint density at radius 1 is 0.903 bits per heavy atom. The fraction of sp³-hybridized carbons (Fsp3) is 0.380. The average Bonchev–Trinajstić information content (AvgIpc) is 3.35. The summed E-state index contributed by atoms with van der Waals surface area (Å²) in [6, 6.07) is 22.0. The van der Waals surface area contributed by atoms with Crippen molar-refractivity contribution < 1.29 is 60.2 Å². The predicted octanol–water partition coefficient (Wildman–Crippen LogP) is 7.64. The van der Waals surface area contributed by atoms with Gasteiger partial charge < -0.3 is 44.9 Å². The number of aromatic nitrogens is 1. The number of rotatable bonds is 25. The molecule has 2 heterocycles. The number of nitrogens with two attached hydrogens (primary N) is 1. The van der Waals surface area contributed by atoms with Crippen LogP contribution in [0, 0.1) is 10.1 Å². The maximum atomic E-state index is 14.3. The SMILES string of the molecule is CCOc1ccc(C(=O)N2CCN(c3ccc(-c4ccccc4OCC)nc3Cc3ccc(S(=O)(=O)NCCCOc4cc(NCCOCCN)cc(C(=O)O)c4)c([N+](=O)[O-])c3)[C@H](CC)C2)c(C(F)(F)F)c1. The number of carboxylic acids is 1. The third-order valence-electron chi connectivity index (χ3n) is 11.6. The van der Waals surface area contributed by atoms with Gasteiger partial charge in [0.2, 0.25) is 10.0 Å². The number of carbonyl (C=O) groups excluding carboxylic acids is 1. The Morgan fingerprint density at radius 3 is 2.39 bits per heavy atom. The Kier molecular flexibility index (Phi) is 18.8. The van der Waals surface area contributed by atoms with Gasteiger partial charge in [0.1, 0.15) is 17.2 Å². The average molecular weight is 1020 g/mol. The fourth-order valence-corrected chi connectivity index (χ4v) is 9.44. The third-order valence-corrected chi connectivity index (χ3v) is 13.1. The van der Waals surface area contributed by atoms with Gasteiger partial charge in [-0.1, -0.05) is 25.1 Å². The zero-order valence-corrected chi connectivity index (χ0v) is 40.9. The lowest BCUT2D eigenvalue weighted by Gasteiger charge is -2.43. The van der Waals surface area contributed by atoms with Crippen molar-refractivity contribution in [1.29, 1.82) is 0 Å². The minimum atomic E-state index is -4.82. The lowest BCUT2D eigenvalue weighted by Crippen LogP contribution is -2.55. The minimum absolute atomic E-state index is 0.00418. The van der Waals surface area contributed by atoms with Crippen LogP contribution in [0.1, 0.15) is 71.1 Å². The molecule has 72 heavy (non-hydrogen) atoms. The minimum Gasteiger partial charge on any atom is -0.494 e. The van der Waals surface area contributed by atoms with Crippen LogP contribution in [0.5, 0.6) is 17.2 Å². The highest BCUT2D eigenvalue weighted by Crippen LogP contribution is 2.38. The second-order valence-corrected chi connectivity index (χ2v) is 18.2. The molecule has 1 aromatic heterocycles. The van der Waals surface area contributed by atoms with Crippen LogP contribution in [0.3, 0.4) is 0 Å². The summed E-state index contributed by atoms with van der Waals surface area (Å²) < 4.78 is 94.8. The Labute approximate surface area is 415 Å². The van der Waals surface area contributed by atoms with Crippen molar-refractivity contribution in [3.05, 3.63) is 129 Å². The van der Waals surface area contributed by atoms with Gasteiger partial charge in [-0.05, 0) is 92.9 Å². The van der Waals surface area contributed by atoms with Crippen molar-refractivity contribution in [3.8, 4) is 28.5 Å². The molecule has 0 radical (unpaired) electrons. The predicted molar refractivity (Wildman–Crippen MR) is 264 cm³/mol. The number of ether oxygens (including phenoxy) is 4. The second-order valence-electron chi connectivity index (χ2n) is 16.5. The molecule has 0 aliphatic carbocycles. The number of sulfonamides is 1. The van der Waals surface area contributed by atoms with E-state index < -0.39 is 54.7 Å². The number of halogens is 3. The standard InChI is InChI=1S/C50H58F3N7O11S/c1-4-36-32-58(48(61)39-14-13-37(69-5-2)31-41(39)50(51,52)53)21-22-59(36)44-16-15-42(40-10-7-8-11-46(40)70-6-3)57-43(44)26-33-12-17-47(45(27-33)60(64)65)72(66,67)56-19-9-23-71-38-29-34(49(62)63)28-35(30-38)55-20-25-68-24-18-54/h7-8,10-17,27-31,36,55-56H,4-6,9,18-26,32,54H2,1-3H3,(H,62,63)/t36-/m1/s1. The molecule has 18 nitrogen and oxygen atoms in total. The molecule has 22 heteroatoms. The second kappa shape index (κ2) is 24.9. The van der Waals surface area contributed by atoms with Crippen LogP contribution >= 0.6 is 0 Å². The van der Waals surface area contributed by atoms with Gasteiger partial charge in [0.15, 0.2) is 4.90 Å². The van der Waals surface area contributed by atoms with Crippen LogP contribution in [0.4, 0.5) is 30.2 Å². The first kappa shape index (κ1) is 54.3. The number of alkyl halides is 3. The molecule has 0 unspecified atom stereocenters. The fourth-order valence-electron chi connectivity index (χ4n) is 8.22. The number of para-hydroxylation sites is 1. The van der Waals surface area contributed by atoms with E-state index in [0.717, 1.165) is 18.2 Å². The first-order chi connectivity index (χ1) is 34.5. The summed E-state index contributed by atoms with van der Waals surface area (Å²) in [7, 11) is -4.44. The molecule has 1 aliphatic rings. The normalized spacial score (nSPS) is 14.0. The molecular weight excluding hydrogens is 964 g/mol. The van der Waals surface area contributed by atoms with Crippen molar-refractivity contribution >= 4 is 39.0 Å². The Balaban J connectivity index is 1.22. The summed E-state index contributed by atoms with van der Waals surface area (Å²) in [5.74, 6) is -1.17. The molecular formula is C50H58F3N7O11S. The van der Waals surface area contributed by atoms with E-state index in [1.54, 1.807) is 25.1 Å². The summed E-state index contributed by atoms with van der Waals surface area (Å²) in [6.07, 6.45) is -4.23. The van der Waals surface area contributed by atoms with Gasteiger partial charge in [-0.15, -0.1) is 0 Å². The molecule has 5 N–H and O–H groups in total. The highest BCUT2D eigenvalue weighted by molar-refractivity contribution is 7.89. The third kappa shape index (κ3) is 13.9. The van der Waals surface area contributed by atoms with E-state index in [9.17, 15) is 46.4 Å². The van der Waals surface area contributed by atoms with Crippen LogP contribution < -0.4 is 34.9 Å². The topological polar surface area (TPSA) is 238 Å². The smallest absolute Gasteiger partial charge is 0.417 e. The first-order valence-electron chi connectivity index (χ1n) is 23.4. The van der Waals surface area contributed by atoms with Gasteiger partial charge >= 0.3 is 12.1 Å². The first-order valence-corrected chi connectivity index (χ1v) is 24.9. The number of anilines is 2. The van der Waals surface area contributed by atoms with E-state index in [4.69, 9.17) is 29.7 Å². The van der Waals surface area contributed by atoms with Gasteiger partial charge in [0.05, 0.1) is 71.7 Å². The van der Waals surface area contributed by atoms with Gasteiger partial charge in [-0.2, -0.15) is 13.2 Å². The van der Waals surface area contributed by atoms with Crippen molar-refractivity contribution in [2.24, 2.45) is 5.73 Å². The van der Waals surface area contributed by atoms with E-state index in [1.165, 1.54) is 35.2 Å². The number of benzene rings is 4. The zero-order chi connectivity index (χ0) is 52.0. The Hall–Kier alpha value is -7.01. The summed E-state index contributed by atoms with van der Waals surface area (Å²) in [6.45, 7) is 7.50. The monoisotopic (exact) mass is 1020 g/mol. The number of carboxylic acid groups (broad SMARTS) is 1. The molecule has 1 atom stereocenters. The van der Waals surface area contributed by atoms with Gasteiger partial charge in [-0.3, -0.25) is 19.9 Å². The number of aromatic carboxylic acids is 1. The van der Waals surface area contributed by atoms with Crippen molar-refractivity contribution in [1.82, 2.24) is 14.6 Å². The number of pyridine rings is 1.